The molecule has 154 valence electrons. The van der Waals surface area contributed by atoms with Crippen LogP contribution in [0.3, 0.4) is 0 Å². The van der Waals surface area contributed by atoms with Crippen molar-refractivity contribution in [2.45, 2.75) is 26.0 Å². The van der Waals surface area contributed by atoms with Gasteiger partial charge in [-0.1, -0.05) is 18.2 Å². The first-order valence-corrected chi connectivity index (χ1v) is 9.85. The van der Waals surface area contributed by atoms with Gasteiger partial charge < -0.3 is 19.7 Å². The third-order valence-corrected chi connectivity index (χ3v) is 5.19. The molecule has 1 aliphatic rings. The van der Waals surface area contributed by atoms with Crippen LogP contribution in [0.5, 0.6) is 0 Å². The first-order valence-electron chi connectivity index (χ1n) is 9.85. The molecule has 1 aliphatic heterocycles. The summed E-state index contributed by atoms with van der Waals surface area (Å²) in [6, 6.07) is 10.3. The number of nitrogens with zero attached hydrogens (tertiary/aromatic N) is 2. The van der Waals surface area contributed by atoms with E-state index in [1.165, 1.54) is 4.90 Å². The van der Waals surface area contributed by atoms with Crippen LogP contribution in [-0.2, 0) is 14.3 Å². The average Bonchev–Trinajstić information content (AvgIpc) is 3.28. The number of ketones is 1. The van der Waals surface area contributed by atoms with Crippen molar-refractivity contribution in [1.82, 2.24) is 14.9 Å². The number of pyridine rings is 1. The van der Waals surface area contributed by atoms with Gasteiger partial charge in [0.25, 0.3) is 11.7 Å². The molecule has 1 amide bonds. The number of nitrogens with one attached hydrogen (secondary N) is 1. The number of rotatable bonds is 6. The predicted molar refractivity (Wildman–Crippen MR) is 113 cm³/mol. The summed E-state index contributed by atoms with van der Waals surface area (Å²) >= 11 is 0. The first-order chi connectivity index (χ1) is 14.5. The highest BCUT2D eigenvalue weighted by Crippen LogP contribution is 2.40. The smallest absolute Gasteiger partial charge is 0.295 e. The number of H-pyrrole nitrogens is 1. The number of aromatic nitrogens is 2. The summed E-state index contributed by atoms with van der Waals surface area (Å²) in [4.78, 5) is 34.4. The van der Waals surface area contributed by atoms with Crippen molar-refractivity contribution in [1.29, 1.82) is 0 Å². The lowest BCUT2D eigenvalue weighted by Crippen LogP contribution is -2.33. The SMILES string of the molecule is CC(C)OCCN1C(=O)C(=O)/C(=C(\O)c2c[nH]c3ccccc23)C1c1ccncc1. The Morgan fingerprint density at radius 3 is 2.67 bits per heavy atom. The van der Waals surface area contributed by atoms with Crippen molar-refractivity contribution in [3.63, 3.8) is 0 Å². The van der Waals surface area contributed by atoms with Crippen molar-refractivity contribution in [2.75, 3.05) is 13.2 Å². The van der Waals surface area contributed by atoms with E-state index in [-0.39, 0.29) is 24.0 Å². The second-order valence-corrected chi connectivity index (χ2v) is 7.44. The Bertz CT molecular complexity index is 1120. The summed E-state index contributed by atoms with van der Waals surface area (Å²) in [6.07, 6.45) is 4.86. The fraction of sp³-hybridized carbons (Fsp3) is 0.261. The van der Waals surface area contributed by atoms with E-state index >= 15 is 0 Å². The number of aliphatic hydroxyl groups is 1. The summed E-state index contributed by atoms with van der Waals surface area (Å²) in [5.41, 5.74) is 2.09. The Balaban J connectivity index is 1.83. The molecule has 1 aromatic carbocycles. The van der Waals surface area contributed by atoms with Crippen molar-refractivity contribution >= 4 is 28.4 Å². The van der Waals surface area contributed by atoms with Crippen LogP contribution in [-0.4, -0.2) is 50.9 Å². The molecule has 1 unspecified atom stereocenters. The van der Waals surface area contributed by atoms with Crippen LogP contribution in [0.1, 0.15) is 31.0 Å². The molecule has 30 heavy (non-hydrogen) atoms. The highest BCUT2D eigenvalue weighted by atomic mass is 16.5. The number of carbonyl (C=O) groups excluding carboxylic acids is 2. The topological polar surface area (TPSA) is 95.5 Å². The number of aliphatic hydroxyl groups excluding tert-OH is 1. The molecular weight excluding hydrogens is 382 g/mol. The summed E-state index contributed by atoms with van der Waals surface area (Å²) in [5, 5.41) is 11.9. The molecule has 0 saturated carbocycles. The molecule has 3 heterocycles. The van der Waals surface area contributed by atoms with Gasteiger partial charge in [0.1, 0.15) is 5.76 Å². The number of aromatic amines is 1. The second kappa shape index (κ2) is 8.12. The summed E-state index contributed by atoms with van der Waals surface area (Å²) < 4.78 is 5.60. The quantitative estimate of drug-likeness (QED) is 0.372. The van der Waals surface area contributed by atoms with Crippen LogP contribution >= 0.6 is 0 Å². The Morgan fingerprint density at radius 2 is 1.93 bits per heavy atom. The number of para-hydroxylation sites is 1. The summed E-state index contributed by atoms with van der Waals surface area (Å²) in [7, 11) is 0. The molecule has 0 bridgehead atoms. The van der Waals surface area contributed by atoms with Gasteiger partial charge in [-0.3, -0.25) is 14.6 Å². The number of Topliss-reactive ketones (excluding diaryl/α,β-unsaturated/α-hetero) is 1. The number of fused-ring (bicyclic) bond motifs is 1. The maximum absolute atomic E-state index is 13.0. The number of likely N-dealkylation sites (tertiary alicyclic amines) is 1. The van der Waals surface area contributed by atoms with Gasteiger partial charge in [-0.25, -0.2) is 0 Å². The number of ether oxygens (including phenoxy) is 1. The first kappa shape index (κ1) is 19.8. The van der Waals surface area contributed by atoms with E-state index in [1.54, 1.807) is 30.7 Å². The average molecular weight is 405 g/mol. The number of amides is 1. The Kier molecular flexibility index (Phi) is 5.37. The number of carbonyl (C=O) groups is 2. The zero-order chi connectivity index (χ0) is 21.3. The molecule has 0 aliphatic carbocycles. The zero-order valence-electron chi connectivity index (χ0n) is 16.8. The fourth-order valence-corrected chi connectivity index (χ4v) is 3.80. The van der Waals surface area contributed by atoms with Gasteiger partial charge in [-0.05, 0) is 37.6 Å². The van der Waals surface area contributed by atoms with E-state index in [9.17, 15) is 14.7 Å². The zero-order valence-corrected chi connectivity index (χ0v) is 16.8. The van der Waals surface area contributed by atoms with E-state index in [2.05, 4.69) is 9.97 Å². The molecular formula is C23H23N3O4. The Morgan fingerprint density at radius 1 is 1.20 bits per heavy atom. The molecule has 2 aromatic heterocycles. The van der Waals surface area contributed by atoms with Gasteiger partial charge in [0, 0.05) is 41.6 Å². The molecule has 0 radical (unpaired) electrons. The molecule has 7 nitrogen and oxygen atoms in total. The fourth-order valence-electron chi connectivity index (χ4n) is 3.80. The Labute approximate surface area is 174 Å². The molecule has 3 aromatic rings. The minimum Gasteiger partial charge on any atom is -0.507 e. The van der Waals surface area contributed by atoms with Crippen LogP contribution in [0, 0.1) is 0 Å². The summed E-state index contributed by atoms with van der Waals surface area (Å²) in [5.74, 6) is -1.55. The van der Waals surface area contributed by atoms with Crippen LogP contribution in [0.4, 0.5) is 0 Å². The van der Waals surface area contributed by atoms with Crippen LogP contribution < -0.4 is 0 Å². The molecule has 2 N–H and O–H groups in total. The van der Waals surface area contributed by atoms with Crippen LogP contribution in [0.25, 0.3) is 16.7 Å². The molecule has 1 fully saturated rings. The normalized spacial score (nSPS) is 18.6. The third-order valence-electron chi connectivity index (χ3n) is 5.19. The van der Waals surface area contributed by atoms with Crippen LogP contribution in [0.2, 0.25) is 0 Å². The van der Waals surface area contributed by atoms with E-state index in [1.807, 2.05) is 38.1 Å². The Hall–Kier alpha value is -3.45. The van der Waals surface area contributed by atoms with Crippen molar-refractivity contribution in [2.24, 2.45) is 0 Å². The summed E-state index contributed by atoms with van der Waals surface area (Å²) in [6.45, 7) is 4.34. The van der Waals surface area contributed by atoms with E-state index in [0.717, 1.165) is 10.9 Å². The molecule has 1 saturated heterocycles. The molecule has 7 heteroatoms. The molecule has 1 atom stereocenters. The largest absolute Gasteiger partial charge is 0.507 e. The predicted octanol–water partition coefficient (Wildman–Crippen LogP) is 3.41. The standard InChI is InChI=1S/C23H23N3O4/c1-14(2)30-12-11-26-20(15-7-9-24-10-8-15)19(22(28)23(26)29)21(27)17-13-25-18-6-4-3-5-16(17)18/h3-10,13-14,20,25,27H,11-12H2,1-2H3/b21-19-. The third kappa shape index (κ3) is 3.48. The van der Waals surface area contributed by atoms with E-state index in [0.29, 0.717) is 17.7 Å². The minimum absolute atomic E-state index is 0.00687. The number of hydrogen-bond acceptors (Lipinski definition) is 5. The van der Waals surface area contributed by atoms with Gasteiger partial charge in [0.05, 0.1) is 24.3 Å². The maximum Gasteiger partial charge on any atom is 0.295 e. The van der Waals surface area contributed by atoms with Gasteiger partial charge in [0.15, 0.2) is 0 Å². The molecule has 4 rings (SSSR count). The number of hydrogen-bond donors (Lipinski definition) is 2. The van der Waals surface area contributed by atoms with Gasteiger partial charge in [-0.15, -0.1) is 0 Å². The molecule has 0 spiro atoms. The van der Waals surface area contributed by atoms with Gasteiger partial charge in [-0.2, -0.15) is 0 Å². The second-order valence-electron chi connectivity index (χ2n) is 7.44. The highest BCUT2D eigenvalue weighted by Gasteiger charge is 2.46. The van der Waals surface area contributed by atoms with Crippen molar-refractivity contribution in [3.05, 3.63) is 71.7 Å². The van der Waals surface area contributed by atoms with Crippen molar-refractivity contribution in [3.8, 4) is 0 Å². The minimum atomic E-state index is -0.711. The lowest BCUT2D eigenvalue weighted by Gasteiger charge is -2.25. The van der Waals surface area contributed by atoms with E-state index < -0.39 is 17.7 Å². The number of benzene rings is 1. The van der Waals surface area contributed by atoms with Gasteiger partial charge in [0.2, 0.25) is 0 Å². The van der Waals surface area contributed by atoms with Crippen LogP contribution in [0.15, 0.2) is 60.6 Å². The van der Waals surface area contributed by atoms with E-state index in [4.69, 9.17) is 4.74 Å². The maximum atomic E-state index is 13.0. The van der Waals surface area contributed by atoms with Gasteiger partial charge >= 0.3 is 0 Å². The lowest BCUT2D eigenvalue weighted by molar-refractivity contribution is -0.140. The lowest BCUT2D eigenvalue weighted by atomic mass is 9.96. The van der Waals surface area contributed by atoms with Crippen molar-refractivity contribution < 1.29 is 19.4 Å². The highest BCUT2D eigenvalue weighted by molar-refractivity contribution is 6.46. The monoisotopic (exact) mass is 405 g/mol.